The summed E-state index contributed by atoms with van der Waals surface area (Å²) in [5, 5.41) is 15.8. The molecular weight excluding hydrogens is 280 g/mol. The fourth-order valence-corrected chi connectivity index (χ4v) is 2.62. The van der Waals surface area contributed by atoms with Crippen LogP contribution in [0.3, 0.4) is 0 Å². The van der Waals surface area contributed by atoms with Crippen molar-refractivity contribution in [2.45, 2.75) is 19.4 Å². The molecule has 112 valence electrons. The number of carbonyl (C=O) groups excluding carboxylic acids is 1. The molecule has 0 unspecified atom stereocenters. The Kier molecular flexibility index (Phi) is 3.74. The molecule has 2 aromatic rings. The van der Waals surface area contributed by atoms with Crippen LogP contribution in [0.15, 0.2) is 30.6 Å². The number of nitriles is 1. The second-order valence-electron chi connectivity index (χ2n) is 5.26. The zero-order valence-electron chi connectivity index (χ0n) is 12.2. The molecule has 1 fully saturated rings. The molecule has 22 heavy (non-hydrogen) atoms. The van der Waals surface area contributed by atoms with Crippen molar-refractivity contribution >= 4 is 17.4 Å². The monoisotopic (exact) mass is 296 g/mol. The van der Waals surface area contributed by atoms with E-state index < -0.39 is 0 Å². The first-order chi connectivity index (χ1) is 10.7. The first-order valence-electron chi connectivity index (χ1n) is 7.09. The van der Waals surface area contributed by atoms with Crippen molar-refractivity contribution < 1.29 is 4.79 Å². The molecule has 1 saturated heterocycles. The Bertz CT molecular complexity index is 714. The van der Waals surface area contributed by atoms with Gasteiger partial charge in [0.2, 0.25) is 5.91 Å². The van der Waals surface area contributed by atoms with Crippen LogP contribution in [0.2, 0.25) is 0 Å². The lowest BCUT2D eigenvalue weighted by molar-refractivity contribution is -0.114. The Morgan fingerprint density at radius 1 is 1.45 bits per heavy atom. The van der Waals surface area contributed by atoms with Gasteiger partial charge in [0, 0.05) is 32.3 Å². The van der Waals surface area contributed by atoms with Crippen LogP contribution < -0.4 is 10.2 Å². The van der Waals surface area contributed by atoms with Gasteiger partial charge in [-0.3, -0.25) is 9.48 Å². The minimum atomic E-state index is -0.123. The van der Waals surface area contributed by atoms with Gasteiger partial charge in [0.25, 0.3) is 0 Å². The third-order valence-electron chi connectivity index (χ3n) is 3.68. The molecule has 3 heterocycles. The van der Waals surface area contributed by atoms with Crippen LogP contribution in [0.25, 0.3) is 0 Å². The molecule has 0 spiro atoms. The molecule has 1 aliphatic heterocycles. The zero-order chi connectivity index (χ0) is 15.5. The molecule has 1 N–H and O–H groups in total. The molecule has 1 amide bonds. The molecule has 1 aliphatic rings. The highest BCUT2D eigenvalue weighted by atomic mass is 16.1. The fourth-order valence-electron chi connectivity index (χ4n) is 2.62. The quantitative estimate of drug-likeness (QED) is 0.928. The molecule has 3 rings (SSSR count). The number of anilines is 2. The Hall–Kier alpha value is -2.88. The van der Waals surface area contributed by atoms with Gasteiger partial charge in [-0.25, -0.2) is 4.98 Å². The summed E-state index contributed by atoms with van der Waals surface area (Å²) in [5.41, 5.74) is 1.43. The molecule has 0 radical (unpaired) electrons. The van der Waals surface area contributed by atoms with E-state index in [9.17, 15) is 4.79 Å². The number of nitrogens with zero attached hydrogens (tertiary/aromatic N) is 5. The SMILES string of the molecule is CC(=O)Nc1ccn([C@@H]2CCN(c3ccc(C#N)nc3)C2)n1. The van der Waals surface area contributed by atoms with Gasteiger partial charge in [-0.05, 0) is 18.6 Å². The Morgan fingerprint density at radius 2 is 2.32 bits per heavy atom. The fraction of sp³-hybridized carbons (Fsp3) is 0.333. The number of pyridine rings is 1. The second-order valence-corrected chi connectivity index (χ2v) is 5.26. The van der Waals surface area contributed by atoms with E-state index in [2.05, 4.69) is 20.3 Å². The first kappa shape index (κ1) is 14.1. The van der Waals surface area contributed by atoms with Crippen LogP contribution in [0.5, 0.6) is 0 Å². The van der Waals surface area contributed by atoms with Gasteiger partial charge >= 0.3 is 0 Å². The third kappa shape index (κ3) is 2.91. The van der Waals surface area contributed by atoms with Crippen LogP contribution in [-0.2, 0) is 4.79 Å². The minimum Gasteiger partial charge on any atom is -0.368 e. The van der Waals surface area contributed by atoms with Crippen molar-refractivity contribution in [3.8, 4) is 6.07 Å². The molecule has 7 heteroatoms. The maximum Gasteiger partial charge on any atom is 0.222 e. The highest BCUT2D eigenvalue weighted by molar-refractivity contribution is 5.87. The Labute approximate surface area is 128 Å². The number of nitrogens with one attached hydrogen (secondary N) is 1. The van der Waals surface area contributed by atoms with Crippen molar-refractivity contribution in [1.29, 1.82) is 5.26 Å². The lowest BCUT2D eigenvalue weighted by atomic mass is 10.3. The van der Waals surface area contributed by atoms with E-state index in [1.165, 1.54) is 6.92 Å². The molecule has 0 aromatic carbocycles. The van der Waals surface area contributed by atoms with E-state index >= 15 is 0 Å². The highest BCUT2D eigenvalue weighted by Gasteiger charge is 2.25. The summed E-state index contributed by atoms with van der Waals surface area (Å²) in [6.45, 7) is 3.20. The largest absolute Gasteiger partial charge is 0.368 e. The van der Waals surface area contributed by atoms with Crippen LogP contribution >= 0.6 is 0 Å². The second kappa shape index (κ2) is 5.85. The summed E-state index contributed by atoms with van der Waals surface area (Å²) in [7, 11) is 0. The molecular formula is C15H16N6O. The molecule has 1 atom stereocenters. The van der Waals surface area contributed by atoms with Gasteiger partial charge in [0.15, 0.2) is 5.82 Å². The third-order valence-corrected chi connectivity index (χ3v) is 3.68. The van der Waals surface area contributed by atoms with Crippen molar-refractivity contribution in [2.75, 3.05) is 23.3 Å². The average molecular weight is 296 g/mol. The van der Waals surface area contributed by atoms with Crippen LogP contribution in [0, 0.1) is 11.3 Å². The van der Waals surface area contributed by atoms with E-state index in [1.807, 2.05) is 23.0 Å². The Morgan fingerprint density at radius 3 is 3.00 bits per heavy atom. The van der Waals surface area contributed by atoms with Gasteiger partial charge in [-0.2, -0.15) is 10.4 Å². The van der Waals surface area contributed by atoms with Crippen molar-refractivity contribution in [3.05, 3.63) is 36.3 Å². The van der Waals surface area contributed by atoms with Crippen LogP contribution in [0.4, 0.5) is 11.5 Å². The van der Waals surface area contributed by atoms with E-state index in [-0.39, 0.29) is 11.9 Å². The smallest absolute Gasteiger partial charge is 0.222 e. The molecule has 0 aliphatic carbocycles. The average Bonchev–Trinajstić information content (AvgIpc) is 3.15. The predicted molar refractivity (Wildman–Crippen MR) is 81.3 cm³/mol. The summed E-state index contributed by atoms with van der Waals surface area (Å²) in [5.74, 6) is 0.452. The highest BCUT2D eigenvalue weighted by Crippen LogP contribution is 2.26. The van der Waals surface area contributed by atoms with Crippen LogP contribution in [0.1, 0.15) is 25.1 Å². The summed E-state index contributed by atoms with van der Waals surface area (Å²) in [6, 6.07) is 7.72. The number of amides is 1. The summed E-state index contributed by atoms with van der Waals surface area (Å²) in [6.07, 6.45) is 4.59. The topological polar surface area (TPSA) is 86.8 Å². The number of hydrogen-bond donors (Lipinski definition) is 1. The van der Waals surface area contributed by atoms with Gasteiger partial charge < -0.3 is 10.2 Å². The number of rotatable bonds is 3. The van der Waals surface area contributed by atoms with Crippen molar-refractivity contribution in [3.63, 3.8) is 0 Å². The van der Waals surface area contributed by atoms with Gasteiger partial charge in [0.05, 0.1) is 17.9 Å². The molecule has 0 bridgehead atoms. The molecule has 7 nitrogen and oxygen atoms in total. The van der Waals surface area contributed by atoms with Crippen molar-refractivity contribution in [2.24, 2.45) is 0 Å². The maximum atomic E-state index is 11.0. The Balaban J connectivity index is 1.67. The van der Waals surface area contributed by atoms with Gasteiger partial charge in [0.1, 0.15) is 11.8 Å². The van der Waals surface area contributed by atoms with E-state index in [0.717, 1.165) is 25.2 Å². The van der Waals surface area contributed by atoms with Crippen LogP contribution in [-0.4, -0.2) is 33.8 Å². The van der Waals surface area contributed by atoms with Gasteiger partial charge in [-0.15, -0.1) is 0 Å². The number of carbonyl (C=O) groups is 1. The summed E-state index contributed by atoms with van der Waals surface area (Å²) in [4.78, 5) is 17.4. The predicted octanol–water partition coefficient (Wildman–Crippen LogP) is 1.56. The standard InChI is InChI=1S/C15H16N6O/c1-11(22)18-15-5-7-21(19-15)14-4-6-20(10-14)13-3-2-12(8-16)17-9-13/h2-3,5,7,9,14H,4,6,10H2,1H3,(H,18,19,22)/t14-/m1/s1. The molecule has 0 saturated carbocycles. The summed E-state index contributed by atoms with van der Waals surface area (Å²) < 4.78 is 1.89. The maximum absolute atomic E-state index is 11.0. The van der Waals surface area contributed by atoms with E-state index in [0.29, 0.717) is 11.5 Å². The first-order valence-corrected chi connectivity index (χ1v) is 7.09. The number of hydrogen-bond acceptors (Lipinski definition) is 5. The van der Waals surface area contributed by atoms with Crippen molar-refractivity contribution in [1.82, 2.24) is 14.8 Å². The summed E-state index contributed by atoms with van der Waals surface area (Å²) >= 11 is 0. The van der Waals surface area contributed by atoms with E-state index in [4.69, 9.17) is 5.26 Å². The lowest BCUT2D eigenvalue weighted by Crippen LogP contribution is -2.21. The zero-order valence-corrected chi connectivity index (χ0v) is 12.2. The normalized spacial score (nSPS) is 17.3. The van der Waals surface area contributed by atoms with Gasteiger partial charge in [-0.1, -0.05) is 0 Å². The number of aromatic nitrogens is 3. The lowest BCUT2D eigenvalue weighted by Gasteiger charge is -2.18. The van der Waals surface area contributed by atoms with E-state index in [1.54, 1.807) is 18.3 Å². The molecule has 2 aromatic heterocycles. The minimum absolute atomic E-state index is 0.123.